The van der Waals surface area contributed by atoms with Crippen LogP contribution in [-0.2, 0) is 9.59 Å². The molecule has 0 atom stereocenters. The lowest BCUT2D eigenvalue weighted by Gasteiger charge is -1.98. The lowest BCUT2D eigenvalue weighted by molar-refractivity contribution is -0.137. The van der Waals surface area contributed by atoms with Gasteiger partial charge in [-0.1, -0.05) is 25.2 Å². The van der Waals surface area contributed by atoms with E-state index in [1.165, 1.54) is 12.2 Å². The van der Waals surface area contributed by atoms with Gasteiger partial charge in [-0.3, -0.25) is 9.59 Å². The maximum Gasteiger partial charge on any atom is 0.303 e. The van der Waals surface area contributed by atoms with Gasteiger partial charge in [0.1, 0.15) is 0 Å². The van der Waals surface area contributed by atoms with Gasteiger partial charge in [0.05, 0.1) is 0 Å². The van der Waals surface area contributed by atoms with E-state index >= 15 is 0 Å². The van der Waals surface area contributed by atoms with Crippen LogP contribution in [0.5, 0.6) is 0 Å². The van der Waals surface area contributed by atoms with E-state index in [0.717, 1.165) is 32.1 Å². The molecule has 0 saturated carbocycles. The standard InChI is InChI=1S/C13H18O3/c1-2-3-9-12(14)10-7-5-4-6-8-11-13(15)16/h1,3,9H,4-8,10-11H2,(H,15,16). The molecule has 0 aromatic carbocycles. The molecule has 0 fully saturated rings. The summed E-state index contributed by atoms with van der Waals surface area (Å²) >= 11 is 0. The Balaban J connectivity index is 3.28. The molecule has 0 aliphatic rings. The molecule has 0 bridgehead atoms. The first-order valence-corrected chi connectivity index (χ1v) is 5.54. The van der Waals surface area contributed by atoms with Crippen molar-refractivity contribution in [2.45, 2.75) is 44.9 Å². The van der Waals surface area contributed by atoms with E-state index in [4.69, 9.17) is 11.5 Å². The molecular formula is C13H18O3. The third-order valence-corrected chi connectivity index (χ3v) is 2.18. The summed E-state index contributed by atoms with van der Waals surface area (Å²) in [5.74, 6) is 1.59. The maximum absolute atomic E-state index is 11.1. The molecule has 0 heterocycles. The van der Waals surface area contributed by atoms with Crippen LogP contribution in [0, 0.1) is 12.3 Å². The van der Waals surface area contributed by atoms with Crippen LogP contribution in [0.1, 0.15) is 44.9 Å². The Kier molecular flexibility index (Phi) is 9.00. The molecule has 1 N–H and O–H groups in total. The minimum absolute atomic E-state index is 0.0588. The van der Waals surface area contributed by atoms with Gasteiger partial charge in [-0.2, -0.15) is 0 Å². The number of rotatable bonds is 9. The Hall–Kier alpha value is -1.56. The monoisotopic (exact) mass is 222 g/mol. The summed E-state index contributed by atoms with van der Waals surface area (Å²) in [5, 5.41) is 8.40. The number of hydrogen-bond donors (Lipinski definition) is 1. The molecule has 0 aromatic heterocycles. The molecular weight excluding hydrogens is 204 g/mol. The Labute approximate surface area is 96.5 Å². The number of ketones is 1. The Morgan fingerprint density at radius 2 is 1.62 bits per heavy atom. The van der Waals surface area contributed by atoms with Crippen LogP contribution in [0.4, 0.5) is 0 Å². The van der Waals surface area contributed by atoms with Crippen molar-refractivity contribution in [2.24, 2.45) is 0 Å². The summed E-state index contributed by atoms with van der Waals surface area (Å²) in [5.41, 5.74) is 0. The zero-order valence-electron chi connectivity index (χ0n) is 9.45. The minimum atomic E-state index is -0.741. The molecule has 0 radical (unpaired) electrons. The highest BCUT2D eigenvalue weighted by molar-refractivity contribution is 5.89. The van der Waals surface area contributed by atoms with Crippen molar-refractivity contribution in [3.63, 3.8) is 0 Å². The lowest BCUT2D eigenvalue weighted by Crippen LogP contribution is -1.94. The SMILES string of the molecule is C#CC=CC(=O)CCCCCCCC(=O)O. The number of hydrogen-bond acceptors (Lipinski definition) is 2. The van der Waals surface area contributed by atoms with Crippen molar-refractivity contribution in [3.05, 3.63) is 12.2 Å². The summed E-state index contributed by atoms with van der Waals surface area (Å²) in [7, 11) is 0. The lowest BCUT2D eigenvalue weighted by atomic mass is 10.1. The van der Waals surface area contributed by atoms with E-state index in [0.29, 0.717) is 6.42 Å². The summed E-state index contributed by atoms with van der Waals surface area (Å²) in [6.07, 6.45) is 13.0. The van der Waals surface area contributed by atoms with Gasteiger partial charge in [0, 0.05) is 12.8 Å². The van der Waals surface area contributed by atoms with Gasteiger partial charge >= 0.3 is 5.97 Å². The van der Waals surface area contributed by atoms with Gasteiger partial charge in [-0.05, 0) is 25.0 Å². The van der Waals surface area contributed by atoms with E-state index in [1.807, 2.05) is 0 Å². The summed E-state index contributed by atoms with van der Waals surface area (Å²) in [6.45, 7) is 0. The second-order valence-electron chi connectivity index (χ2n) is 3.63. The van der Waals surface area contributed by atoms with Crippen LogP contribution in [0.3, 0.4) is 0 Å². The molecule has 0 spiro atoms. The number of terminal acetylenes is 1. The molecule has 0 aliphatic carbocycles. The zero-order valence-corrected chi connectivity index (χ0v) is 9.45. The van der Waals surface area contributed by atoms with Crippen LogP contribution in [0.2, 0.25) is 0 Å². The van der Waals surface area contributed by atoms with Crippen molar-refractivity contribution >= 4 is 11.8 Å². The molecule has 3 heteroatoms. The smallest absolute Gasteiger partial charge is 0.303 e. The quantitative estimate of drug-likeness (QED) is 0.370. The number of carbonyl (C=O) groups is 2. The maximum atomic E-state index is 11.1. The third-order valence-electron chi connectivity index (χ3n) is 2.18. The molecule has 0 unspecified atom stereocenters. The van der Waals surface area contributed by atoms with E-state index < -0.39 is 5.97 Å². The van der Waals surface area contributed by atoms with Gasteiger partial charge < -0.3 is 5.11 Å². The first-order chi connectivity index (χ1) is 7.66. The van der Waals surface area contributed by atoms with Crippen LogP contribution in [-0.4, -0.2) is 16.9 Å². The Morgan fingerprint density at radius 1 is 1.06 bits per heavy atom. The van der Waals surface area contributed by atoms with Gasteiger partial charge in [0.2, 0.25) is 0 Å². The van der Waals surface area contributed by atoms with Crippen molar-refractivity contribution in [1.82, 2.24) is 0 Å². The fourth-order valence-electron chi connectivity index (χ4n) is 1.33. The highest BCUT2D eigenvalue weighted by Crippen LogP contribution is 2.07. The van der Waals surface area contributed by atoms with Crippen molar-refractivity contribution in [3.8, 4) is 12.3 Å². The Bertz CT molecular complexity index is 284. The average Bonchev–Trinajstić information content (AvgIpc) is 2.24. The van der Waals surface area contributed by atoms with E-state index in [-0.39, 0.29) is 12.2 Å². The highest BCUT2D eigenvalue weighted by atomic mass is 16.4. The average molecular weight is 222 g/mol. The Morgan fingerprint density at radius 3 is 2.19 bits per heavy atom. The molecule has 0 saturated heterocycles. The second kappa shape index (κ2) is 9.97. The highest BCUT2D eigenvalue weighted by Gasteiger charge is 1.98. The first-order valence-electron chi connectivity index (χ1n) is 5.54. The van der Waals surface area contributed by atoms with Gasteiger partial charge in [-0.15, -0.1) is 6.42 Å². The van der Waals surface area contributed by atoms with Crippen LogP contribution in [0.25, 0.3) is 0 Å². The molecule has 16 heavy (non-hydrogen) atoms. The summed E-state index contributed by atoms with van der Waals surface area (Å²) < 4.78 is 0. The largest absolute Gasteiger partial charge is 0.481 e. The predicted octanol–water partition coefficient (Wildman–Crippen LogP) is 2.56. The molecule has 0 rings (SSSR count). The normalized spacial score (nSPS) is 10.2. The fourth-order valence-corrected chi connectivity index (χ4v) is 1.33. The summed E-state index contributed by atoms with van der Waals surface area (Å²) in [6, 6.07) is 0. The summed E-state index contributed by atoms with van der Waals surface area (Å²) in [4.78, 5) is 21.3. The molecule has 88 valence electrons. The second-order valence-corrected chi connectivity index (χ2v) is 3.63. The van der Waals surface area contributed by atoms with Crippen molar-refractivity contribution < 1.29 is 14.7 Å². The van der Waals surface area contributed by atoms with E-state index in [1.54, 1.807) is 0 Å². The number of carboxylic acids is 1. The van der Waals surface area contributed by atoms with E-state index in [9.17, 15) is 9.59 Å². The predicted molar refractivity (Wildman–Crippen MR) is 62.9 cm³/mol. The van der Waals surface area contributed by atoms with Crippen LogP contribution >= 0.6 is 0 Å². The van der Waals surface area contributed by atoms with Gasteiger partial charge in [0.25, 0.3) is 0 Å². The number of unbranched alkanes of at least 4 members (excludes halogenated alkanes) is 4. The van der Waals surface area contributed by atoms with Crippen molar-refractivity contribution in [2.75, 3.05) is 0 Å². The van der Waals surface area contributed by atoms with E-state index in [2.05, 4.69) is 5.92 Å². The molecule has 0 amide bonds. The minimum Gasteiger partial charge on any atom is -0.481 e. The van der Waals surface area contributed by atoms with Gasteiger partial charge in [0.15, 0.2) is 5.78 Å². The van der Waals surface area contributed by atoms with Gasteiger partial charge in [-0.25, -0.2) is 0 Å². The molecule has 3 nitrogen and oxygen atoms in total. The van der Waals surface area contributed by atoms with Crippen LogP contribution < -0.4 is 0 Å². The number of carboxylic acid groups (broad SMARTS) is 1. The van der Waals surface area contributed by atoms with Crippen molar-refractivity contribution in [1.29, 1.82) is 0 Å². The zero-order chi connectivity index (χ0) is 12.2. The first kappa shape index (κ1) is 14.4. The number of aliphatic carboxylic acids is 1. The fraction of sp³-hybridized carbons (Fsp3) is 0.538. The molecule has 0 aromatic rings. The van der Waals surface area contributed by atoms with Crippen LogP contribution in [0.15, 0.2) is 12.2 Å². The number of carbonyl (C=O) groups excluding carboxylic acids is 1. The number of allylic oxidation sites excluding steroid dienone is 2. The molecule has 0 aliphatic heterocycles. The topological polar surface area (TPSA) is 54.4 Å². The third kappa shape index (κ3) is 10.5.